The largest absolute Gasteiger partial charge is 0.388 e. The Morgan fingerprint density at radius 3 is 2.59 bits per heavy atom. The van der Waals surface area contributed by atoms with E-state index in [0.717, 1.165) is 12.0 Å². The SMILES string of the molecule is CS(=O)(=O)C1CCCC1(O)Cc1ccccc1. The van der Waals surface area contributed by atoms with Crippen molar-refractivity contribution in [1.29, 1.82) is 0 Å². The molecule has 0 spiro atoms. The van der Waals surface area contributed by atoms with Crippen molar-refractivity contribution < 1.29 is 13.5 Å². The number of rotatable bonds is 3. The molecule has 1 aromatic carbocycles. The molecule has 0 aliphatic heterocycles. The van der Waals surface area contributed by atoms with Crippen LogP contribution in [0.4, 0.5) is 0 Å². The van der Waals surface area contributed by atoms with E-state index in [-0.39, 0.29) is 0 Å². The molecule has 2 unspecified atom stereocenters. The minimum atomic E-state index is -3.18. The van der Waals surface area contributed by atoms with Gasteiger partial charge in [0.15, 0.2) is 9.84 Å². The van der Waals surface area contributed by atoms with Crippen molar-refractivity contribution in [3.63, 3.8) is 0 Å². The highest BCUT2D eigenvalue weighted by atomic mass is 32.2. The van der Waals surface area contributed by atoms with Gasteiger partial charge in [-0.05, 0) is 24.8 Å². The topological polar surface area (TPSA) is 54.4 Å². The Bertz CT molecular complexity index is 481. The molecular formula is C13H18O3S. The van der Waals surface area contributed by atoms with Crippen LogP contribution in [0.15, 0.2) is 30.3 Å². The van der Waals surface area contributed by atoms with E-state index in [1.165, 1.54) is 6.26 Å². The lowest BCUT2D eigenvalue weighted by molar-refractivity contribution is 0.0513. The van der Waals surface area contributed by atoms with Gasteiger partial charge in [-0.3, -0.25) is 0 Å². The molecule has 4 heteroatoms. The molecule has 2 rings (SSSR count). The zero-order chi connectivity index (χ0) is 12.5. The second-order valence-electron chi connectivity index (χ2n) is 4.98. The Morgan fingerprint density at radius 1 is 1.35 bits per heavy atom. The Hall–Kier alpha value is -0.870. The molecule has 17 heavy (non-hydrogen) atoms. The molecule has 0 bridgehead atoms. The molecule has 1 N–H and O–H groups in total. The van der Waals surface area contributed by atoms with Crippen molar-refractivity contribution in [3.05, 3.63) is 35.9 Å². The van der Waals surface area contributed by atoms with Crippen LogP contribution in [0.2, 0.25) is 0 Å². The minimum absolute atomic E-state index is 0.422. The first-order valence-electron chi connectivity index (χ1n) is 5.87. The summed E-state index contributed by atoms with van der Waals surface area (Å²) < 4.78 is 23.4. The zero-order valence-corrected chi connectivity index (χ0v) is 10.8. The van der Waals surface area contributed by atoms with Crippen LogP contribution in [0.5, 0.6) is 0 Å². The summed E-state index contributed by atoms with van der Waals surface area (Å²) in [6.45, 7) is 0. The molecule has 0 amide bonds. The molecule has 1 aliphatic rings. The summed E-state index contributed by atoms with van der Waals surface area (Å²) in [5.74, 6) is 0. The molecule has 1 aliphatic carbocycles. The van der Waals surface area contributed by atoms with Crippen LogP contribution in [-0.2, 0) is 16.3 Å². The van der Waals surface area contributed by atoms with E-state index in [2.05, 4.69) is 0 Å². The van der Waals surface area contributed by atoms with Crippen LogP contribution in [0.25, 0.3) is 0 Å². The average molecular weight is 254 g/mol. The van der Waals surface area contributed by atoms with Gasteiger partial charge in [-0.1, -0.05) is 30.3 Å². The van der Waals surface area contributed by atoms with E-state index in [4.69, 9.17) is 0 Å². The lowest BCUT2D eigenvalue weighted by atomic mass is 9.93. The quantitative estimate of drug-likeness (QED) is 0.890. The summed E-state index contributed by atoms with van der Waals surface area (Å²) in [6, 6.07) is 9.58. The van der Waals surface area contributed by atoms with E-state index in [0.29, 0.717) is 19.3 Å². The lowest BCUT2D eigenvalue weighted by Crippen LogP contribution is -2.44. The van der Waals surface area contributed by atoms with Crippen LogP contribution in [-0.4, -0.2) is 30.6 Å². The molecule has 2 atom stereocenters. The van der Waals surface area contributed by atoms with Crippen molar-refractivity contribution in [3.8, 4) is 0 Å². The van der Waals surface area contributed by atoms with Gasteiger partial charge in [-0.25, -0.2) is 8.42 Å². The van der Waals surface area contributed by atoms with Crippen LogP contribution < -0.4 is 0 Å². The molecule has 1 saturated carbocycles. The van der Waals surface area contributed by atoms with Gasteiger partial charge < -0.3 is 5.11 Å². The molecule has 1 aromatic rings. The normalized spacial score (nSPS) is 29.4. The highest BCUT2D eigenvalue weighted by Crippen LogP contribution is 2.37. The molecule has 3 nitrogen and oxygen atoms in total. The van der Waals surface area contributed by atoms with Crippen LogP contribution in [0, 0.1) is 0 Å². The number of benzene rings is 1. The second-order valence-corrected chi connectivity index (χ2v) is 7.20. The highest BCUT2D eigenvalue weighted by molar-refractivity contribution is 7.91. The summed E-state index contributed by atoms with van der Waals surface area (Å²) in [5.41, 5.74) is -0.0971. The van der Waals surface area contributed by atoms with Crippen LogP contribution in [0.3, 0.4) is 0 Å². The third-order valence-electron chi connectivity index (χ3n) is 3.55. The highest BCUT2D eigenvalue weighted by Gasteiger charge is 2.46. The Labute approximate surface area is 102 Å². The molecule has 0 aromatic heterocycles. The van der Waals surface area contributed by atoms with Crippen molar-refractivity contribution in [2.45, 2.75) is 36.5 Å². The van der Waals surface area contributed by atoms with Gasteiger partial charge in [-0.2, -0.15) is 0 Å². The van der Waals surface area contributed by atoms with Gasteiger partial charge in [0.2, 0.25) is 0 Å². The summed E-state index contributed by atoms with van der Waals surface area (Å²) in [4.78, 5) is 0. The lowest BCUT2D eigenvalue weighted by Gasteiger charge is -2.29. The van der Waals surface area contributed by atoms with Crippen LogP contribution in [0.1, 0.15) is 24.8 Å². The van der Waals surface area contributed by atoms with E-state index >= 15 is 0 Å². The first-order valence-corrected chi connectivity index (χ1v) is 7.82. The van der Waals surface area contributed by atoms with Gasteiger partial charge in [-0.15, -0.1) is 0 Å². The fraction of sp³-hybridized carbons (Fsp3) is 0.538. The van der Waals surface area contributed by atoms with Crippen molar-refractivity contribution >= 4 is 9.84 Å². The fourth-order valence-electron chi connectivity index (χ4n) is 2.79. The third kappa shape index (κ3) is 2.69. The maximum Gasteiger partial charge on any atom is 0.153 e. The van der Waals surface area contributed by atoms with Gasteiger partial charge in [0, 0.05) is 12.7 Å². The van der Waals surface area contributed by atoms with E-state index in [9.17, 15) is 13.5 Å². The average Bonchev–Trinajstić information content (AvgIpc) is 2.61. The third-order valence-corrected chi connectivity index (χ3v) is 5.25. The molecule has 0 heterocycles. The predicted octanol–water partition coefficient (Wildman–Crippen LogP) is 1.56. The first-order chi connectivity index (χ1) is 7.92. The molecule has 94 valence electrons. The second kappa shape index (κ2) is 4.42. The predicted molar refractivity (Wildman–Crippen MR) is 67.6 cm³/mol. The smallest absolute Gasteiger partial charge is 0.153 e. The summed E-state index contributed by atoms with van der Waals surface area (Å²) in [7, 11) is -3.18. The van der Waals surface area contributed by atoms with Gasteiger partial charge in [0.1, 0.15) is 0 Å². The van der Waals surface area contributed by atoms with E-state index < -0.39 is 20.7 Å². The molecule has 1 fully saturated rings. The number of aliphatic hydroxyl groups is 1. The summed E-state index contributed by atoms with van der Waals surface area (Å²) in [6.07, 6.45) is 3.56. The Morgan fingerprint density at radius 2 is 2.00 bits per heavy atom. The van der Waals surface area contributed by atoms with E-state index in [1.54, 1.807) is 0 Å². The maximum atomic E-state index is 11.7. The standard InChI is InChI=1S/C13H18O3S/c1-17(15,16)12-8-5-9-13(12,14)10-11-6-3-2-4-7-11/h2-4,6-7,12,14H,5,8-10H2,1H3. The van der Waals surface area contributed by atoms with Crippen molar-refractivity contribution in [2.75, 3.05) is 6.26 Å². The monoisotopic (exact) mass is 254 g/mol. The first kappa shape index (κ1) is 12.6. The van der Waals surface area contributed by atoms with Gasteiger partial charge >= 0.3 is 0 Å². The van der Waals surface area contributed by atoms with E-state index in [1.807, 2.05) is 30.3 Å². The van der Waals surface area contributed by atoms with Crippen molar-refractivity contribution in [2.24, 2.45) is 0 Å². The van der Waals surface area contributed by atoms with Gasteiger partial charge in [0.25, 0.3) is 0 Å². The molecule has 0 saturated heterocycles. The maximum absolute atomic E-state index is 11.7. The zero-order valence-electron chi connectivity index (χ0n) is 9.96. The Kier molecular flexibility index (Phi) is 3.27. The van der Waals surface area contributed by atoms with Gasteiger partial charge in [0.05, 0.1) is 10.9 Å². The summed E-state index contributed by atoms with van der Waals surface area (Å²) >= 11 is 0. The Balaban J connectivity index is 2.24. The van der Waals surface area contributed by atoms with Crippen molar-refractivity contribution in [1.82, 2.24) is 0 Å². The number of sulfone groups is 1. The summed E-state index contributed by atoms with van der Waals surface area (Å²) in [5, 5.41) is 9.95. The molecule has 0 radical (unpaired) electrons. The fourth-order valence-corrected chi connectivity index (χ4v) is 4.38. The number of hydrogen-bond acceptors (Lipinski definition) is 3. The van der Waals surface area contributed by atoms with Crippen LogP contribution >= 0.6 is 0 Å². The number of hydrogen-bond donors (Lipinski definition) is 1. The minimum Gasteiger partial charge on any atom is -0.388 e. The molecular weight excluding hydrogens is 236 g/mol.